The van der Waals surface area contributed by atoms with Crippen LogP contribution in [0.3, 0.4) is 0 Å². The van der Waals surface area contributed by atoms with Gasteiger partial charge in [-0.25, -0.2) is 8.78 Å². The summed E-state index contributed by atoms with van der Waals surface area (Å²) in [5.41, 5.74) is 4.42. The first-order valence-electron chi connectivity index (χ1n) is 11.6. The van der Waals surface area contributed by atoms with Gasteiger partial charge < -0.3 is 20.5 Å². The highest BCUT2D eigenvalue weighted by atomic mass is 35.5. The second-order valence-corrected chi connectivity index (χ2v) is 10.00. The zero-order valence-corrected chi connectivity index (χ0v) is 20.5. The Balaban J connectivity index is 1.70. The van der Waals surface area contributed by atoms with Crippen molar-refractivity contribution in [2.24, 2.45) is 5.73 Å². The molecule has 1 heterocycles. The molecule has 1 aliphatic heterocycles. The average molecular weight is 535 g/mol. The molecule has 10 heteroatoms. The summed E-state index contributed by atoms with van der Waals surface area (Å²) >= 11 is 6.36. The Bertz CT molecular complexity index is 1380. The molecule has 194 valence electrons. The second-order valence-electron chi connectivity index (χ2n) is 9.62. The fraction of sp³-hybridized carbons (Fsp3) is 0.296. The number of amides is 1. The Morgan fingerprint density at radius 1 is 1.16 bits per heavy atom. The van der Waals surface area contributed by atoms with E-state index in [0.717, 1.165) is 36.6 Å². The molecule has 0 radical (unpaired) electrons. The molecule has 0 aromatic heterocycles. The van der Waals surface area contributed by atoms with Crippen LogP contribution in [-0.2, 0) is 12.0 Å². The van der Waals surface area contributed by atoms with Gasteiger partial charge in [0.25, 0.3) is 0 Å². The molecule has 1 aliphatic carbocycles. The summed E-state index contributed by atoms with van der Waals surface area (Å²) in [4.78, 5) is 12.2. The molecule has 5 nitrogen and oxygen atoms in total. The molecule has 3 aromatic rings. The van der Waals surface area contributed by atoms with Crippen molar-refractivity contribution < 1.29 is 31.8 Å². The van der Waals surface area contributed by atoms with Crippen molar-refractivity contribution in [2.75, 3.05) is 6.54 Å². The maximum absolute atomic E-state index is 15.6. The molecule has 37 heavy (non-hydrogen) atoms. The van der Waals surface area contributed by atoms with Gasteiger partial charge in [0.2, 0.25) is 5.91 Å². The van der Waals surface area contributed by atoms with E-state index in [1.54, 1.807) is 0 Å². The van der Waals surface area contributed by atoms with Gasteiger partial charge >= 0.3 is 6.61 Å². The zero-order valence-electron chi connectivity index (χ0n) is 19.7. The molecule has 0 bridgehead atoms. The summed E-state index contributed by atoms with van der Waals surface area (Å²) in [7, 11) is 0. The normalized spacial score (nSPS) is 19.4. The molecule has 3 aromatic carbocycles. The summed E-state index contributed by atoms with van der Waals surface area (Å²) in [5.74, 6) is -4.04. The monoisotopic (exact) mass is 534 g/mol. The van der Waals surface area contributed by atoms with E-state index in [2.05, 4.69) is 17.0 Å². The highest BCUT2D eigenvalue weighted by molar-refractivity contribution is 6.34. The van der Waals surface area contributed by atoms with Crippen LogP contribution in [0.15, 0.2) is 48.5 Å². The van der Waals surface area contributed by atoms with E-state index >= 15 is 8.78 Å². The highest BCUT2D eigenvalue weighted by Crippen LogP contribution is 2.51. The predicted octanol–water partition coefficient (Wildman–Crippen LogP) is 5.96. The minimum absolute atomic E-state index is 0.0577. The van der Waals surface area contributed by atoms with Crippen LogP contribution in [0.25, 0.3) is 11.1 Å². The van der Waals surface area contributed by atoms with Crippen molar-refractivity contribution >= 4 is 17.5 Å². The maximum Gasteiger partial charge on any atom is 0.387 e. The number of halogens is 5. The smallest absolute Gasteiger partial charge is 0.387 e. The first kappa shape index (κ1) is 25.4. The molecular formula is C27H23ClF4N2O3. The van der Waals surface area contributed by atoms with E-state index in [9.17, 15) is 13.6 Å². The van der Waals surface area contributed by atoms with Gasteiger partial charge in [0.1, 0.15) is 11.6 Å². The maximum atomic E-state index is 15.6. The van der Waals surface area contributed by atoms with Crippen LogP contribution in [0.5, 0.6) is 11.5 Å². The van der Waals surface area contributed by atoms with E-state index in [4.69, 9.17) is 22.1 Å². The number of hydrogen-bond acceptors (Lipinski definition) is 4. The largest absolute Gasteiger partial charge is 0.480 e. The van der Waals surface area contributed by atoms with Crippen LogP contribution in [-0.4, -0.2) is 24.6 Å². The van der Waals surface area contributed by atoms with Crippen LogP contribution in [0.4, 0.5) is 17.6 Å². The van der Waals surface area contributed by atoms with E-state index in [0.29, 0.717) is 12.1 Å². The number of alkyl halides is 2. The number of carbonyl (C=O) groups excluding carboxylic acids is 1. The molecule has 3 N–H and O–H groups in total. The van der Waals surface area contributed by atoms with Crippen molar-refractivity contribution in [3.63, 3.8) is 0 Å². The number of ether oxygens (including phenoxy) is 2. The average Bonchev–Trinajstić information content (AvgIpc) is 3.48. The summed E-state index contributed by atoms with van der Waals surface area (Å²) in [6.07, 6.45) is 2.10. The van der Waals surface area contributed by atoms with Gasteiger partial charge in [-0.15, -0.1) is 0 Å². The number of nitrogens with two attached hydrogens (primary N) is 1. The molecule has 1 fully saturated rings. The Morgan fingerprint density at radius 2 is 1.86 bits per heavy atom. The van der Waals surface area contributed by atoms with Crippen molar-refractivity contribution in [3.05, 3.63) is 81.9 Å². The van der Waals surface area contributed by atoms with Crippen LogP contribution in [0, 0.1) is 11.6 Å². The van der Waals surface area contributed by atoms with E-state index in [-0.39, 0.29) is 28.8 Å². The first-order valence-corrected chi connectivity index (χ1v) is 12.0. The lowest BCUT2D eigenvalue weighted by Crippen LogP contribution is -2.45. The molecular weight excluding hydrogens is 512 g/mol. The summed E-state index contributed by atoms with van der Waals surface area (Å²) in [5, 5.41) is 3.01. The molecule has 2 aliphatic rings. The van der Waals surface area contributed by atoms with E-state index in [1.807, 2.05) is 30.3 Å². The third-order valence-corrected chi connectivity index (χ3v) is 7.36. The van der Waals surface area contributed by atoms with Gasteiger partial charge in [0.15, 0.2) is 17.2 Å². The van der Waals surface area contributed by atoms with Crippen molar-refractivity contribution in [3.8, 4) is 22.6 Å². The molecule has 5 rings (SSSR count). The highest BCUT2D eigenvalue weighted by Gasteiger charge is 2.47. The van der Waals surface area contributed by atoms with Crippen LogP contribution >= 0.6 is 11.6 Å². The van der Waals surface area contributed by atoms with E-state index < -0.39 is 46.1 Å². The van der Waals surface area contributed by atoms with Gasteiger partial charge in [-0.05, 0) is 37.5 Å². The zero-order chi connectivity index (χ0) is 26.5. The number of rotatable bonds is 8. The molecule has 1 amide bonds. The number of nitrogens with one attached hydrogen (secondary N) is 1. The SMILES string of the molecule is CC1(NCC2(c3ccccc3)Cc3c(cc(F)c(Cl)c3-c3c(C(N)=O)ccc(OC(F)F)c3F)O2)CC1. The Labute approximate surface area is 215 Å². The molecule has 0 spiro atoms. The van der Waals surface area contributed by atoms with Gasteiger partial charge in [-0.3, -0.25) is 4.79 Å². The predicted molar refractivity (Wildman–Crippen MR) is 130 cm³/mol. The third-order valence-electron chi connectivity index (χ3n) is 6.99. The fourth-order valence-electron chi connectivity index (χ4n) is 4.72. The number of benzene rings is 3. The van der Waals surface area contributed by atoms with Gasteiger partial charge in [-0.2, -0.15) is 8.78 Å². The number of primary amides is 1. The van der Waals surface area contributed by atoms with Crippen LogP contribution in [0.2, 0.25) is 5.02 Å². The Hall–Kier alpha value is -3.30. The fourth-order valence-corrected chi connectivity index (χ4v) is 4.98. The second kappa shape index (κ2) is 9.22. The van der Waals surface area contributed by atoms with Crippen molar-refractivity contribution in [2.45, 2.75) is 43.9 Å². The first-order chi connectivity index (χ1) is 17.5. The lowest BCUT2D eigenvalue weighted by atomic mass is 9.85. The summed E-state index contributed by atoms with van der Waals surface area (Å²) in [6, 6.07) is 12.3. The molecule has 1 unspecified atom stereocenters. The molecule has 1 saturated carbocycles. The van der Waals surface area contributed by atoms with Crippen LogP contribution < -0.4 is 20.5 Å². The van der Waals surface area contributed by atoms with Gasteiger partial charge in [0, 0.05) is 41.3 Å². The van der Waals surface area contributed by atoms with E-state index in [1.165, 1.54) is 0 Å². The lowest BCUT2D eigenvalue weighted by molar-refractivity contribution is -0.0521. The van der Waals surface area contributed by atoms with Crippen molar-refractivity contribution in [1.82, 2.24) is 5.32 Å². The summed E-state index contributed by atoms with van der Waals surface area (Å²) in [6.45, 7) is -0.904. The lowest BCUT2D eigenvalue weighted by Gasteiger charge is -2.31. The quantitative estimate of drug-likeness (QED) is 0.350. The standard InChI is InChI=1S/C27H23ClF4N2O3/c1-26(9-10-26)34-13-27(14-5-3-2-4-6-14)12-16-19(37-27)11-17(29)22(28)20(16)21-15(24(33)35)7-8-18(23(21)30)36-25(31)32/h2-8,11,25,34H,9-10,12-13H2,1H3,(H2,33,35). The summed E-state index contributed by atoms with van der Waals surface area (Å²) < 4.78 is 67.3. The molecule has 1 atom stereocenters. The number of hydrogen-bond donors (Lipinski definition) is 2. The van der Waals surface area contributed by atoms with Gasteiger partial charge in [-0.1, -0.05) is 41.9 Å². The third kappa shape index (κ3) is 4.62. The number of carbonyl (C=O) groups is 1. The minimum atomic E-state index is -3.33. The number of fused-ring (bicyclic) bond motifs is 1. The topological polar surface area (TPSA) is 73.6 Å². The minimum Gasteiger partial charge on any atom is -0.480 e. The Kier molecular flexibility index (Phi) is 6.32. The van der Waals surface area contributed by atoms with Crippen LogP contribution in [0.1, 0.15) is 41.3 Å². The van der Waals surface area contributed by atoms with Gasteiger partial charge in [0.05, 0.1) is 10.6 Å². The Morgan fingerprint density at radius 3 is 2.49 bits per heavy atom. The van der Waals surface area contributed by atoms with Crippen molar-refractivity contribution in [1.29, 1.82) is 0 Å². The molecule has 0 saturated heterocycles.